The molecule has 6 heterocycles. The molecule has 2 saturated carbocycles. The minimum Gasteiger partial charge on any atom is -0.323 e. The van der Waals surface area contributed by atoms with E-state index in [1.54, 1.807) is 6.33 Å². The number of aromatic nitrogens is 7. The maximum atomic E-state index is 12.8. The molecule has 1 aliphatic heterocycles. The molecule has 5 aromatic heterocycles. The first kappa shape index (κ1) is 23.2. The molecule has 11 nitrogen and oxygen atoms in total. The second-order valence-corrected chi connectivity index (χ2v) is 11.2. The van der Waals surface area contributed by atoms with Crippen LogP contribution in [0.4, 0.5) is 10.5 Å². The van der Waals surface area contributed by atoms with Crippen LogP contribution in [0.1, 0.15) is 65.5 Å². The highest BCUT2D eigenvalue weighted by Gasteiger charge is 2.43. The van der Waals surface area contributed by atoms with E-state index >= 15 is 0 Å². The van der Waals surface area contributed by atoms with Crippen LogP contribution in [-0.4, -0.2) is 64.3 Å². The zero-order valence-corrected chi connectivity index (χ0v) is 22.2. The number of carbonyl (C=O) groups is 2. The van der Waals surface area contributed by atoms with Crippen LogP contribution in [0.25, 0.3) is 16.8 Å². The molecule has 3 amide bonds. The Bertz CT molecular complexity index is 1850. The Labute approximate surface area is 229 Å². The molecule has 0 N–H and O–H groups in total. The summed E-state index contributed by atoms with van der Waals surface area (Å²) in [7, 11) is 1.52. The fourth-order valence-corrected chi connectivity index (χ4v) is 5.77. The summed E-state index contributed by atoms with van der Waals surface area (Å²) >= 11 is 0. The Hall–Kier alpha value is -4.67. The van der Waals surface area contributed by atoms with Gasteiger partial charge in [-0.2, -0.15) is 0 Å². The summed E-state index contributed by atoms with van der Waals surface area (Å²) in [4.78, 5) is 51.2. The molecule has 200 valence electrons. The monoisotopic (exact) mass is 533 g/mol. The van der Waals surface area contributed by atoms with E-state index in [2.05, 4.69) is 33.3 Å². The van der Waals surface area contributed by atoms with E-state index in [1.807, 2.05) is 40.4 Å². The maximum absolute atomic E-state index is 12.8. The molecular formula is C29H27N9O2. The van der Waals surface area contributed by atoms with E-state index in [0.717, 1.165) is 47.7 Å². The van der Waals surface area contributed by atoms with Crippen LogP contribution in [0.15, 0.2) is 49.2 Å². The lowest BCUT2D eigenvalue weighted by Crippen LogP contribution is -2.30. The topological polar surface area (TPSA) is 114 Å². The van der Waals surface area contributed by atoms with Crippen molar-refractivity contribution in [2.24, 2.45) is 0 Å². The van der Waals surface area contributed by atoms with Crippen molar-refractivity contribution in [2.75, 3.05) is 18.5 Å². The third-order valence-corrected chi connectivity index (χ3v) is 8.28. The number of anilines is 1. The maximum Gasteiger partial charge on any atom is 0.331 e. The molecule has 2 atom stereocenters. The molecule has 2 aliphatic carbocycles. The predicted molar refractivity (Wildman–Crippen MR) is 146 cm³/mol. The number of aryl methyl sites for hydroxylation is 1. The molecular weight excluding hydrogens is 506 g/mol. The van der Waals surface area contributed by atoms with Crippen molar-refractivity contribution >= 4 is 34.4 Å². The van der Waals surface area contributed by atoms with Gasteiger partial charge in [0.1, 0.15) is 12.4 Å². The van der Waals surface area contributed by atoms with E-state index < -0.39 is 0 Å². The van der Waals surface area contributed by atoms with E-state index in [0.29, 0.717) is 41.3 Å². The largest absolute Gasteiger partial charge is 0.331 e. The molecule has 11 heteroatoms. The Kier molecular flexibility index (Phi) is 4.89. The lowest BCUT2D eigenvalue weighted by molar-refractivity contribution is -0.123. The predicted octanol–water partition coefficient (Wildman–Crippen LogP) is 3.77. The number of imide groups is 1. The van der Waals surface area contributed by atoms with Crippen LogP contribution in [0.5, 0.6) is 0 Å². The molecule has 1 saturated heterocycles. The quantitative estimate of drug-likeness (QED) is 0.305. The van der Waals surface area contributed by atoms with Gasteiger partial charge in [-0.05, 0) is 61.9 Å². The lowest BCUT2D eigenvalue weighted by atomic mass is 10.1. The summed E-state index contributed by atoms with van der Waals surface area (Å²) < 4.78 is 4.03. The molecule has 8 rings (SSSR count). The van der Waals surface area contributed by atoms with Crippen LogP contribution < -0.4 is 4.90 Å². The summed E-state index contributed by atoms with van der Waals surface area (Å²) in [6, 6.07) is 7.78. The molecule has 0 spiro atoms. The molecule has 3 aliphatic rings. The average molecular weight is 534 g/mol. The van der Waals surface area contributed by atoms with Gasteiger partial charge in [-0.25, -0.2) is 29.7 Å². The number of amides is 3. The van der Waals surface area contributed by atoms with Crippen LogP contribution in [0.3, 0.4) is 0 Å². The van der Waals surface area contributed by atoms with Crippen molar-refractivity contribution in [1.82, 2.24) is 38.8 Å². The third kappa shape index (κ3) is 3.75. The van der Waals surface area contributed by atoms with Crippen molar-refractivity contribution in [1.29, 1.82) is 0 Å². The normalized spacial score (nSPS) is 20.9. The molecule has 0 radical (unpaired) electrons. The lowest BCUT2D eigenvalue weighted by Gasteiger charge is -2.17. The summed E-state index contributed by atoms with van der Waals surface area (Å²) in [6.07, 6.45) is 11.0. The summed E-state index contributed by atoms with van der Waals surface area (Å²) in [5, 5.41) is 0. The summed E-state index contributed by atoms with van der Waals surface area (Å²) in [6.45, 7) is 2.52. The van der Waals surface area contributed by atoms with E-state index in [9.17, 15) is 9.59 Å². The third-order valence-electron chi connectivity index (χ3n) is 8.28. The van der Waals surface area contributed by atoms with E-state index in [1.165, 1.54) is 22.4 Å². The minimum absolute atomic E-state index is 0.0271. The average Bonchev–Trinajstić information content (AvgIpc) is 3.86. The van der Waals surface area contributed by atoms with E-state index in [-0.39, 0.29) is 18.5 Å². The Morgan fingerprint density at radius 3 is 2.65 bits per heavy atom. The van der Waals surface area contributed by atoms with Crippen LogP contribution >= 0.6 is 0 Å². The van der Waals surface area contributed by atoms with Crippen molar-refractivity contribution in [3.8, 4) is 0 Å². The second-order valence-electron chi connectivity index (χ2n) is 11.2. The highest BCUT2D eigenvalue weighted by Crippen LogP contribution is 2.53. The number of carbonyl (C=O) groups excluding carboxylic acids is 2. The minimum atomic E-state index is -0.321. The first-order valence-corrected chi connectivity index (χ1v) is 13.6. The summed E-state index contributed by atoms with van der Waals surface area (Å²) in [5.41, 5.74) is 6.99. The van der Waals surface area contributed by atoms with Gasteiger partial charge < -0.3 is 8.97 Å². The van der Waals surface area contributed by atoms with Gasteiger partial charge in [-0.1, -0.05) is 0 Å². The number of fused-ring (bicyclic) bond motifs is 2. The molecule has 0 aromatic carbocycles. The van der Waals surface area contributed by atoms with Gasteiger partial charge in [0.2, 0.25) is 5.91 Å². The van der Waals surface area contributed by atoms with Crippen molar-refractivity contribution < 1.29 is 9.59 Å². The Balaban J connectivity index is 1.09. The van der Waals surface area contributed by atoms with Gasteiger partial charge in [0.05, 0.1) is 29.8 Å². The first-order chi connectivity index (χ1) is 19.4. The standard InChI is InChI=1S/C29H27N9O2/c1-16-7-8-30-26(32-16)21-10-20(21)22-5-6-23-27(34-22)31-15-37(23)13-19-12-36-11-18(17-3-4-17)9-24(28(36)33-19)38-14-25(39)35(2)29(38)40/h5-9,11-12,15,17,20-21H,3-4,10,13-14H2,1-2H3/t20-,21-/m1/s1. The number of likely N-dealkylation sites (N-methyl/N-ethyl adjacent to an activating group) is 1. The van der Waals surface area contributed by atoms with Crippen molar-refractivity contribution in [3.05, 3.63) is 77.7 Å². The molecule has 3 fully saturated rings. The SMILES string of the molecule is Cc1ccnc([C@@H]2C[C@H]2c2ccc3c(ncn3Cc3cn4cc(C5CC5)cc(N5CC(=O)N(C)C5=O)c4n3)n2)n1. The van der Waals surface area contributed by atoms with Gasteiger partial charge in [0, 0.05) is 48.9 Å². The number of rotatable bonds is 6. The highest BCUT2D eigenvalue weighted by molar-refractivity contribution is 6.13. The molecule has 5 aromatic rings. The molecule has 40 heavy (non-hydrogen) atoms. The number of hydrogen-bond acceptors (Lipinski definition) is 7. The fourth-order valence-electron chi connectivity index (χ4n) is 5.77. The van der Waals surface area contributed by atoms with Crippen LogP contribution in [0.2, 0.25) is 0 Å². The highest BCUT2D eigenvalue weighted by atomic mass is 16.2. The summed E-state index contributed by atoms with van der Waals surface area (Å²) in [5.74, 6) is 1.78. The van der Waals surface area contributed by atoms with Gasteiger partial charge in [-0.3, -0.25) is 14.6 Å². The van der Waals surface area contributed by atoms with Crippen molar-refractivity contribution in [2.45, 2.75) is 50.5 Å². The van der Waals surface area contributed by atoms with Gasteiger partial charge in [-0.15, -0.1) is 0 Å². The van der Waals surface area contributed by atoms with Gasteiger partial charge in [0.25, 0.3) is 0 Å². The Morgan fingerprint density at radius 2 is 1.88 bits per heavy atom. The number of urea groups is 1. The van der Waals surface area contributed by atoms with E-state index in [4.69, 9.17) is 9.97 Å². The zero-order valence-electron chi connectivity index (χ0n) is 22.2. The van der Waals surface area contributed by atoms with Gasteiger partial charge in [0.15, 0.2) is 11.3 Å². The molecule has 0 bridgehead atoms. The van der Waals surface area contributed by atoms with Crippen molar-refractivity contribution in [3.63, 3.8) is 0 Å². The Morgan fingerprint density at radius 1 is 1.00 bits per heavy atom. The first-order valence-electron chi connectivity index (χ1n) is 13.6. The van der Waals surface area contributed by atoms with Gasteiger partial charge >= 0.3 is 6.03 Å². The van der Waals surface area contributed by atoms with Crippen LogP contribution in [-0.2, 0) is 11.3 Å². The number of nitrogens with zero attached hydrogens (tertiary/aromatic N) is 9. The zero-order chi connectivity index (χ0) is 27.1. The number of pyridine rings is 2. The smallest absolute Gasteiger partial charge is 0.323 e. The number of imidazole rings is 2. The second kappa shape index (κ2) is 8.41. The van der Waals surface area contributed by atoms with Crippen LogP contribution in [0, 0.1) is 6.92 Å². The molecule has 0 unspecified atom stereocenters. The fraction of sp³-hybridized carbons (Fsp3) is 0.345. The number of hydrogen-bond donors (Lipinski definition) is 0.